The molecular weight excluding hydrogens is 370 g/mol. The van der Waals surface area contributed by atoms with E-state index in [-0.39, 0.29) is 45.4 Å². The first-order valence-electron chi connectivity index (χ1n) is 7.30. The molecule has 0 aliphatic heterocycles. The summed E-state index contributed by atoms with van der Waals surface area (Å²) in [5.74, 6) is -0.912. The van der Waals surface area contributed by atoms with Crippen molar-refractivity contribution in [2.45, 2.75) is 19.8 Å². The lowest BCUT2D eigenvalue weighted by Gasteiger charge is -2.14. The van der Waals surface area contributed by atoms with Crippen molar-refractivity contribution in [3.8, 4) is 17.7 Å². The Morgan fingerprint density at radius 3 is 2.72 bits per heavy atom. The van der Waals surface area contributed by atoms with Gasteiger partial charge in [0.25, 0.3) is 5.56 Å². The van der Waals surface area contributed by atoms with Gasteiger partial charge in [-0.2, -0.15) is 5.26 Å². The number of nitrogens with zero attached hydrogens (tertiary/aromatic N) is 3. The molecule has 1 aromatic carbocycles. The number of ether oxygens (including phenoxy) is 1. The highest BCUT2D eigenvalue weighted by atomic mass is 35.5. The number of nitrogens with one attached hydrogen (secondary N) is 1. The first-order chi connectivity index (χ1) is 11.8. The molecular formula is C16H15Cl2FN4O2. The summed E-state index contributed by atoms with van der Waals surface area (Å²) in [7, 11) is 1.49. The molecule has 0 aliphatic rings. The Hall–Kier alpha value is -2.30. The van der Waals surface area contributed by atoms with Crippen molar-refractivity contribution in [2.75, 3.05) is 11.9 Å². The van der Waals surface area contributed by atoms with Gasteiger partial charge >= 0.3 is 0 Å². The van der Waals surface area contributed by atoms with Crippen LogP contribution >= 0.6 is 23.2 Å². The Balaban J connectivity index is 2.46. The number of hydrogen-bond acceptors (Lipinski definition) is 5. The average molecular weight is 385 g/mol. The zero-order valence-electron chi connectivity index (χ0n) is 13.7. The highest BCUT2D eigenvalue weighted by molar-refractivity contribution is 6.37. The topological polar surface area (TPSA) is 79.9 Å². The molecule has 1 N–H and O–H groups in total. The molecule has 0 saturated carbocycles. The van der Waals surface area contributed by atoms with E-state index < -0.39 is 5.82 Å². The second-order valence-electron chi connectivity index (χ2n) is 5.50. The summed E-state index contributed by atoms with van der Waals surface area (Å²) < 4.78 is 21.0. The summed E-state index contributed by atoms with van der Waals surface area (Å²) in [6, 6.07) is 4.56. The Morgan fingerprint density at radius 2 is 2.12 bits per heavy atom. The third-order valence-corrected chi connectivity index (χ3v) is 3.99. The van der Waals surface area contributed by atoms with Gasteiger partial charge in [-0.05, 0) is 12.0 Å². The van der Waals surface area contributed by atoms with Gasteiger partial charge in [0.05, 0.1) is 16.8 Å². The quantitative estimate of drug-likeness (QED) is 0.620. The SMILES string of the molecule is CC(C)c1cc(Oc2c(Cl)cc(NCC#N)c(F)c2Cl)nn(C)c1=O. The van der Waals surface area contributed by atoms with Gasteiger partial charge in [-0.25, -0.2) is 9.07 Å². The minimum absolute atomic E-state index is 0.0137. The summed E-state index contributed by atoms with van der Waals surface area (Å²) in [5, 5.41) is 14.8. The van der Waals surface area contributed by atoms with Crippen LogP contribution in [-0.2, 0) is 7.05 Å². The fourth-order valence-electron chi connectivity index (χ4n) is 2.11. The Morgan fingerprint density at radius 1 is 1.44 bits per heavy atom. The summed E-state index contributed by atoms with van der Waals surface area (Å²) in [6.07, 6.45) is 0. The fourth-order valence-corrected chi connectivity index (χ4v) is 2.64. The second-order valence-corrected chi connectivity index (χ2v) is 6.28. The molecule has 2 rings (SSSR count). The number of nitriles is 1. The Kier molecular flexibility index (Phi) is 5.88. The molecule has 0 atom stereocenters. The van der Waals surface area contributed by atoms with Crippen LogP contribution in [0.25, 0.3) is 0 Å². The molecule has 0 saturated heterocycles. The molecule has 0 unspecified atom stereocenters. The highest BCUT2D eigenvalue weighted by Gasteiger charge is 2.20. The minimum atomic E-state index is -0.801. The standard InChI is InChI=1S/C16H15Cl2FN4O2/c1-8(2)9-6-12(22-23(3)16(9)24)25-15-10(17)7-11(21-5-4-20)14(19)13(15)18/h6-8,21H,5H2,1-3H3. The van der Waals surface area contributed by atoms with Crippen LogP contribution < -0.4 is 15.6 Å². The number of anilines is 1. The molecule has 9 heteroatoms. The number of rotatable bonds is 5. The zero-order chi connectivity index (χ0) is 18.7. The van der Waals surface area contributed by atoms with E-state index in [0.29, 0.717) is 5.56 Å². The lowest BCUT2D eigenvalue weighted by molar-refractivity contribution is 0.434. The maximum Gasteiger partial charge on any atom is 0.270 e. The second kappa shape index (κ2) is 7.72. The van der Waals surface area contributed by atoms with Crippen molar-refractivity contribution in [1.82, 2.24) is 9.78 Å². The molecule has 0 spiro atoms. The lowest BCUT2D eigenvalue weighted by Crippen LogP contribution is -2.24. The van der Waals surface area contributed by atoms with E-state index in [1.165, 1.54) is 19.2 Å². The first kappa shape index (κ1) is 19.0. The maximum absolute atomic E-state index is 14.3. The average Bonchev–Trinajstić information content (AvgIpc) is 2.56. The van der Waals surface area contributed by atoms with Gasteiger partial charge in [-0.3, -0.25) is 4.79 Å². The van der Waals surface area contributed by atoms with Crippen molar-refractivity contribution in [3.63, 3.8) is 0 Å². The van der Waals surface area contributed by atoms with Crippen LogP contribution in [0, 0.1) is 17.1 Å². The van der Waals surface area contributed by atoms with Gasteiger partial charge in [-0.1, -0.05) is 37.0 Å². The lowest BCUT2D eigenvalue weighted by atomic mass is 10.1. The van der Waals surface area contributed by atoms with E-state index >= 15 is 0 Å². The molecule has 132 valence electrons. The number of hydrogen-bond donors (Lipinski definition) is 1. The Labute approximate surface area is 153 Å². The van der Waals surface area contributed by atoms with Crippen LogP contribution in [0.5, 0.6) is 11.6 Å². The molecule has 0 bridgehead atoms. The summed E-state index contributed by atoms with van der Waals surface area (Å²) in [4.78, 5) is 12.0. The van der Waals surface area contributed by atoms with E-state index in [1.807, 2.05) is 19.9 Å². The van der Waals surface area contributed by atoms with Crippen LogP contribution in [0.1, 0.15) is 25.3 Å². The summed E-state index contributed by atoms with van der Waals surface area (Å²) in [5.41, 5.74) is 0.231. The number of halogens is 3. The smallest absolute Gasteiger partial charge is 0.270 e. The summed E-state index contributed by atoms with van der Waals surface area (Å²) in [6.45, 7) is 3.61. The zero-order valence-corrected chi connectivity index (χ0v) is 15.2. The monoisotopic (exact) mass is 384 g/mol. The van der Waals surface area contributed by atoms with Gasteiger partial charge in [0, 0.05) is 18.7 Å². The third-order valence-electron chi connectivity index (χ3n) is 3.37. The van der Waals surface area contributed by atoms with E-state index in [2.05, 4.69) is 10.4 Å². The van der Waals surface area contributed by atoms with E-state index in [1.54, 1.807) is 0 Å². The minimum Gasteiger partial charge on any atom is -0.434 e. The molecule has 0 fully saturated rings. The molecule has 0 amide bonds. The van der Waals surface area contributed by atoms with Crippen molar-refractivity contribution < 1.29 is 9.13 Å². The fraction of sp³-hybridized carbons (Fsp3) is 0.312. The van der Waals surface area contributed by atoms with Crippen molar-refractivity contribution in [1.29, 1.82) is 5.26 Å². The van der Waals surface area contributed by atoms with Crippen molar-refractivity contribution in [2.24, 2.45) is 7.05 Å². The van der Waals surface area contributed by atoms with Crippen LogP contribution in [0.4, 0.5) is 10.1 Å². The third kappa shape index (κ3) is 4.03. The Bertz CT molecular complexity index is 906. The number of benzene rings is 1. The maximum atomic E-state index is 14.3. The van der Waals surface area contributed by atoms with Gasteiger partial charge in [0.15, 0.2) is 11.6 Å². The van der Waals surface area contributed by atoms with Crippen LogP contribution in [0.3, 0.4) is 0 Å². The van der Waals surface area contributed by atoms with E-state index in [4.69, 9.17) is 33.2 Å². The predicted octanol–water partition coefficient (Wildman–Crippen LogP) is 4.08. The van der Waals surface area contributed by atoms with Gasteiger partial charge in [0.1, 0.15) is 11.6 Å². The molecule has 0 aliphatic carbocycles. The normalized spacial score (nSPS) is 10.6. The van der Waals surface area contributed by atoms with E-state index in [9.17, 15) is 9.18 Å². The number of aryl methyl sites for hydroxylation is 1. The molecule has 2 aromatic rings. The molecule has 25 heavy (non-hydrogen) atoms. The van der Waals surface area contributed by atoms with Gasteiger partial charge in [0.2, 0.25) is 5.88 Å². The molecule has 1 heterocycles. The highest BCUT2D eigenvalue weighted by Crippen LogP contribution is 2.41. The van der Waals surface area contributed by atoms with Crippen LogP contribution in [0.15, 0.2) is 16.9 Å². The van der Waals surface area contributed by atoms with Crippen LogP contribution in [-0.4, -0.2) is 16.3 Å². The predicted molar refractivity (Wildman–Crippen MR) is 94.2 cm³/mol. The number of aromatic nitrogens is 2. The van der Waals surface area contributed by atoms with Crippen LogP contribution in [0.2, 0.25) is 10.0 Å². The first-order valence-corrected chi connectivity index (χ1v) is 8.06. The van der Waals surface area contributed by atoms with Gasteiger partial charge in [-0.15, -0.1) is 5.10 Å². The van der Waals surface area contributed by atoms with E-state index in [0.717, 1.165) is 4.68 Å². The van der Waals surface area contributed by atoms with Gasteiger partial charge < -0.3 is 10.1 Å². The summed E-state index contributed by atoms with van der Waals surface area (Å²) >= 11 is 12.1. The molecule has 1 aromatic heterocycles. The van der Waals surface area contributed by atoms with Crippen molar-refractivity contribution >= 4 is 28.9 Å². The van der Waals surface area contributed by atoms with Crippen molar-refractivity contribution in [3.05, 3.63) is 43.9 Å². The largest absolute Gasteiger partial charge is 0.434 e. The molecule has 6 nitrogen and oxygen atoms in total. The molecule has 0 radical (unpaired) electrons.